The quantitative estimate of drug-likeness (QED) is 0.196. The molecule has 23 heavy (non-hydrogen) atoms. The van der Waals surface area contributed by atoms with Gasteiger partial charge in [0, 0.05) is 15.4 Å². The standard InChI is InChI=1S/C16H11F2N3OS/c1-23-12-5-2-10(3-6-12)8-13(16(22)20-21-19)11-4-7-14(17)15(18)9-11/h2-9H,1H3. The molecule has 0 atom stereocenters. The van der Waals surface area contributed by atoms with Crippen molar-refractivity contribution in [2.45, 2.75) is 4.90 Å². The van der Waals surface area contributed by atoms with E-state index >= 15 is 0 Å². The lowest BCUT2D eigenvalue weighted by Crippen LogP contribution is -1.99. The molecule has 0 radical (unpaired) electrons. The first-order chi connectivity index (χ1) is 11.0. The minimum absolute atomic E-state index is 0.0152. The summed E-state index contributed by atoms with van der Waals surface area (Å²) in [4.78, 5) is 15.5. The summed E-state index contributed by atoms with van der Waals surface area (Å²) < 4.78 is 26.5. The fourth-order valence-corrected chi connectivity index (χ4v) is 2.30. The second-order valence-electron chi connectivity index (χ2n) is 4.45. The Labute approximate surface area is 135 Å². The molecular weight excluding hydrogens is 320 g/mol. The number of carbonyl (C=O) groups is 1. The summed E-state index contributed by atoms with van der Waals surface area (Å²) in [7, 11) is 0. The molecular formula is C16H11F2N3OS. The maximum absolute atomic E-state index is 13.4. The highest BCUT2D eigenvalue weighted by molar-refractivity contribution is 7.98. The molecule has 0 heterocycles. The van der Waals surface area contributed by atoms with Crippen LogP contribution in [0.25, 0.3) is 22.1 Å². The van der Waals surface area contributed by atoms with E-state index in [1.807, 2.05) is 18.4 Å². The number of amides is 1. The molecule has 4 nitrogen and oxygen atoms in total. The zero-order valence-corrected chi connectivity index (χ0v) is 12.8. The highest BCUT2D eigenvalue weighted by Gasteiger charge is 2.13. The van der Waals surface area contributed by atoms with Crippen LogP contribution in [0, 0.1) is 11.6 Å². The SMILES string of the molecule is CSc1ccc(C=C(C(=O)N=[N+]=[N-])c2ccc(F)c(F)c2)cc1. The zero-order valence-electron chi connectivity index (χ0n) is 12.0. The lowest BCUT2D eigenvalue weighted by molar-refractivity contribution is -0.112. The molecule has 7 heteroatoms. The smallest absolute Gasteiger partial charge is 0.249 e. The Bertz CT molecular complexity index is 813. The second kappa shape index (κ2) is 7.58. The summed E-state index contributed by atoms with van der Waals surface area (Å²) >= 11 is 1.57. The van der Waals surface area contributed by atoms with E-state index in [2.05, 4.69) is 10.0 Å². The first-order valence-electron chi connectivity index (χ1n) is 6.45. The van der Waals surface area contributed by atoms with Gasteiger partial charge in [-0.2, -0.15) is 0 Å². The van der Waals surface area contributed by atoms with Crippen LogP contribution in [0.1, 0.15) is 11.1 Å². The van der Waals surface area contributed by atoms with Crippen molar-refractivity contribution >= 4 is 29.3 Å². The minimum atomic E-state index is -1.08. The van der Waals surface area contributed by atoms with Crippen LogP contribution in [0.2, 0.25) is 0 Å². The third kappa shape index (κ3) is 4.18. The third-order valence-corrected chi connectivity index (χ3v) is 3.77. The largest absolute Gasteiger partial charge is 0.287 e. The molecule has 2 aromatic rings. The fraction of sp³-hybridized carbons (Fsp3) is 0.0625. The Morgan fingerprint density at radius 3 is 2.43 bits per heavy atom. The summed E-state index contributed by atoms with van der Waals surface area (Å²) in [5.41, 5.74) is 9.23. The molecule has 0 spiro atoms. The molecule has 0 saturated heterocycles. The van der Waals surface area contributed by atoms with E-state index < -0.39 is 17.5 Å². The van der Waals surface area contributed by atoms with Crippen molar-refractivity contribution in [2.75, 3.05) is 6.26 Å². The number of rotatable bonds is 4. The van der Waals surface area contributed by atoms with E-state index in [1.165, 1.54) is 12.1 Å². The van der Waals surface area contributed by atoms with Gasteiger partial charge < -0.3 is 0 Å². The predicted octanol–water partition coefficient (Wildman–Crippen LogP) is 5.06. The lowest BCUT2D eigenvalue weighted by atomic mass is 10.0. The molecule has 0 unspecified atom stereocenters. The van der Waals surface area contributed by atoms with E-state index in [0.717, 1.165) is 17.0 Å². The van der Waals surface area contributed by atoms with Crippen molar-refractivity contribution in [2.24, 2.45) is 5.11 Å². The molecule has 0 aliphatic heterocycles. The summed E-state index contributed by atoms with van der Waals surface area (Å²) in [5.74, 6) is -2.97. The number of hydrogen-bond donors (Lipinski definition) is 0. The molecule has 2 rings (SSSR count). The molecule has 0 saturated carbocycles. The van der Waals surface area contributed by atoms with Crippen LogP contribution < -0.4 is 0 Å². The van der Waals surface area contributed by atoms with Crippen molar-refractivity contribution < 1.29 is 13.6 Å². The van der Waals surface area contributed by atoms with Crippen LogP contribution >= 0.6 is 11.8 Å². The van der Waals surface area contributed by atoms with Crippen LogP contribution in [0.5, 0.6) is 0 Å². The number of benzene rings is 2. The molecule has 0 bridgehead atoms. The van der Waals surface area contributed by atoms with Gasteiger partial charge in [0.2, 0.25) is 5.91 Å². The Hall–Kier alpha value is -2.63. The van der Waals surface area contributed by atoms with Crippen molar-refractivity contribution in [3.8, 4) is 0 Å². The van der Waals surface area contributed by atoms with Crippen molar-refractivity contribution in [3.63, 3.8) is 0 Å². The minimum Gasteiger partial charge on any atom is -0.287 e. The number of hydrogen-bond acceptors (Lipinski definition) is 2. The van der Waals surface area contributed by atoms with E-state index in [4.69, 9.17) is 5.53 Å². The molecule has 1 amide bonds. The van der Waals surface area contributed by atoms with E-state index in [0.29, 0.717) is 5.56 Å². The lowest BCUT2D eigenvalue weighted by Gasteiger charge is -2.05. The van der Waals surface area contributed by atoms with Crippen LogP contribution in [0.3, 0.4) is 0 Å². The molecule has 116 valence electrons. The number of azide groups is 1. The fourth-order valence-electron chi connectivity index (χ4n) is 1.89. The average molecular weight is 331 g/mol. The van der Waals surface area contributed by atoms with Crippen LogP contribution in [-0.2, 0) is 4.79 Å². The molecule has 0 fully saturated rings. The van der Waals surface area contributed by atoms with E-state index in [9.17, 15) is 13.6 Å². The topological polar surface area (TPSA) is 65.8 Å². The summed E-state index contributed by atoms with van der Waals surface area (Å²) in [6.45, 7) is 0. The van der Waals surface area contributed by atoms with Crippen LogP contribution in [-0.4, -0.2) is 12.2 Å². The maximum Gasteiger partial charge on any atom is 0.249 e. The second-order valence-corrected chi connectivity index (χ2v) is 5.33. The van der Waals surface area contributed by atoms with Gasteiger partial charge in [0.25, 0.3) is 0 Å². The number of halogens is 2. The first-order valence-corrected chi connectivity index (χ1v) is 7.68. The molecule has 2 aromatic carbocycles. The van der Waals surface area contributed by atoms with Crippen molar-refractivity contribution in [3.05, 3.63) is 75.7 Å². The van der Waals surface area contributed by atoms with Crippen LogP contribution in [0.4, 0.5) is 8.78 Å². The normalized spacial score (nSPS) is 11.0. The Morgan fingerprint density at radius 1 is 1.17 bits per heavy atom. The average Bonchev–Trinajstić information content (AvgIpc) is 2.56. The summed E-state index contributed by atoms with van der Waals surface area (Å²) in [6.07, 6.45) is 3.40. The van der Waals surface area contributed by atoms with Gasteiger partial charge in [0.15, 0.2) is 11.6 Å². The molecule has 0 aliphatic carbocycles. The van der Waals surface area contributed by atoms with Gasteiger partial charge in [-0.25, -0.2) is 8.78 Å². The van der Waals surface area contributed by atoms with Crippen molar-refractivity contribution in [1.29, 1.82) is 0 Å². The number of carbonyl (C=O) groups excluding carboxylic acids is 1. The van der Waals surface area contributed by atoms with Crippen LogP contribution in [0.15, 0.2) is 52.5 Å². The van der Waals surface area contributed by atoms with E-state index in [1.54, 1.807) is 23.9 Å². The van der Waals surface area contributed by atoms with Gasteiger partial charge in [-0.1, -0.05) is 18.2 Å². The van der Waals surface area contributed by atoms with Gasteiger partial charge in [-0.15, -0.1) is 11.8 Å². The summed E-state index contributed by atoms with van der Waals surface area (Å²) in [5, 5.41) is 3.04. The monoisotopic (exact) mass is 331 g/mol. The first kappa shape index (κ1) is 16.7. The Balaban J connectivity index is 2.52. The maximum atomic E-state index is 13.4. The van der Waals surface area contributed by atoms with Gasteiger partial charge in [-0.05, 0) is 58.4 Å². The highest BCUT2D eigenvalue weighted by atomic mass is 32.2. The van der Waals surface area contributed by atoms with Gasteiger partial charge in [0.05, 0.1) is 0 Å². The highest BCUT2D eigenvalue weighted by Crippen LogP contribution is 2.23. The zero-order chi connectivity index (χ0) is 16.8. The van der Waals surface area contributed by atoms with Gasteiger partial charge >= 0.3 is 0 Å². The molecule has 0 N–H and O–H groups in total. The van der Waals surface area contributed by atoms with Gasteiger partial charge in [0.1, 0.15) is 0 Å². The Morgan fingerprint density at radius 2 is 1.87 bits per heavy atom. The third-order valence-electron chi connectivity index (χ3n) is 3.02. The van der Waals surface area contributed by atoms with Crippen molar-refractivity contribution in [1.82, 2.24) is 0 Å². The van der Waals surface area contributed by atoms with Gasteiger partial charge in [-0.3, -0.25) is 4.79 Å². The summed E-state index contributed by atoms with van der Waals surface area (Å²) in [6, 6.07) is 10.3. The predicted molar refractivity (Wildman–Crippen MR) is 86.6 cm³/mol. The number of nitrogens with zero attached hydrogens (tertiary/aromatic N) is 3. The number of thioether (sulfide) groups is 1. The molecule has 0 aliphatic rings. The molecule has 0 aromatic heterocycles. The Kier molecular flexibility index (Phi) is 5.51. The van der Waals surface area contributed by atoms with E-state index in [-0.39, 0.29) is 11.1 Å².